The summed E-state index contributed by atoms with van der Waals surface area (Å²) in [7, 11) is 0. The van der Waals surface area contributed by atoms with Crippen molar-refractivity contribution in [3.63, 3.8) is 0 Å². The fraction of sp³-hybridized carbons (Fsp3) is 0. The molecule has 6 heteroatoms. The minimum atomic E-state index is 0. The van der Waals surface area contributed by atoms with Gasteiger partial charge in [-0.2, -0.15) is 0 Å². The Morgan fingerprint density at radius 1 is 0.833 bits per heavy atom. The van der Waals surface area contributed by atoms with Crippen LogP contribution in [0.2, 0.25) is 0 Å². The predicted molar refractivity (Wildman–Crippen MR) is 10.1 cm³/mol. The molecular formula is HF2K2NS. The second-order valence-corrected chi connectivity index (χ2v) is 0. The molecule has 0 heterocycles. The molecular weight excluding hydrogens is 162 g/mol. The first-order valence-electron chi connectivity index (χ1n) is 0.204. The van der Waals surface area contributed by atoms with Crippen molar-refractivity contribution in [2.75, 3.05) is 0 Å². The molecule has 0 aliphatic carbocycles. The third-order valence-electron chi connectivity index (χ3n) is 0. The monoisotopic (exact) mass is 163 g/mol. The summed E-state index contributed by atoms with van der Waals surface area (Å²) in [6, 6.07) is 0. The van der Waals surface area contributed by atoms with E-state index in [0.717, 1.165) is 0 Å². The van der Waals surface area contributed by atoms with Gasteiger partial charge in [0.1, 0.15) is 0 Å². The van der Waals surface area contributed by atoms with Gasteiger partial charge in [-0.1, -0.05) is 0 Å². The summed E-state index contributed by atoms with van der Waals surface area (Å²) in [5.74, 6) is 0. The van der Waals surface area contributed by atoms with E-state index in [1.807, 2.05) is 0 Å². The van der Waals surface area contributed by atoms with Gasteiger partial charge < -0.3 is 9.41 Å². The summed E-state index contributed by atoms with van der Waals surface area (Å²) in [6.45, 7) is 0. The summed E-state index contributed by atoms with van der Waals surface area (Å²) in [6.07, 6.45) is 0. The van der Waals surface area contributed by atoms with Gasteiger partial charge in [-0.05, 0) is 0 Å². The van der Waals surface area contributed by atoms with Crippen LogP contribution in [0.3, 0.4) is 0 Å². The van der Waals surface area contributed by atoms with Gasteiger partial charge in [-0.15, -0.1) is 0 Å². The first-order chi connectivity index (χ1) is 1.00. The Morgan fingerprint density at radius 2 is 0.833 bits per heavy atom. The van der Waals surface area contributed by atoms with E-state index < -0.39 is 0 Å². The van der Waals surface area contributed by atoms with Gasteiger partial charge in [0.25, 0.3) is 0 Å². The standard InChI is InChI=1S/2FH.2K.HNS/c;;;;1-2/h2*1H;;;1H/q;;2*+1;/p-2. The Kier molecular flexibility index (Phi) is 247. The Morgan fingerprint density at radius 3 is 0.833 bits per heavy atom. The van der Waals surface area contributed by atoms with Crippen LogP contribution < -0.4 is 112 Å². The van der Waals surface area contributed by atoms with E-state index in [9.17, 15) is 0 Å². The molecule has 28 valence electrons. The zero-order valence-electron chi connectivity index (χ0n) is 3.66. The number of rotatable bonds is 0. The van der Waals surface area contributed by atoms with Crippen LogP contribution in [0.15, 0.2) is 0 Å². The van der Waals surface area contributed by atoms with Crippen LogP contribution in [0.1, 0.15) is 0 Å². The molecule has 0 spiro atoms. The quantitative estimate of drug-likeness (QED) is 0.352. The molecule has 0 aromatic carbocycles. The zero-order valence-corrected chi connectivity index (χ0v) is 10.7. The van der Waals surface area contributed by atoms with Crippen molar-refractivity contribution in [2.24, 2.45) is 0 Å². The van der Waals surface area contributed by atoms with Crippen LogP contribution in [0.25, 0.3) is 0 Å². The maximum Gasteiger partial charge on any atom is 1.00 e. The fourth-order valence-corrected chi connectivity index (χ4v) is 0. The van der Waals surface area contributed by atoms with Crippen molar-refractivity contribution in [2.45, 2.75) is 0 Å². The summed E-state index contributed by atoms with van der Waals surface area (Å²) in [4.78, 5) is 0. The van der Waals surface area contributed by atoms with E-state index in [1.165, 1.54) is 0 Å². The summed E-state index contributed by atoms with van der Waals surface area (Å²) < 4.78 is 5.33. The van der Waals surface area contributed by atoms with Crippen LogP contribution in [-0.4, -0.2) is 0 Å². The van der Waals surface area contributed by atoms with Crippen molar-refractivity contribution in [3.8, 4) is 0 Å². The second-order valence-electron chi connectivity index (χ2n) is 0. The van der Waals surface area contributed by atoms with E-state index in [1.54, 1.807) is 0 Å². The van der Waals surface area contributed by atoms with Crippen LogP contribution >= 0.6 is 0 Å². The Hall–Kier alpha value is 3.15. The Bertz CT molecular complexity index is 11.5. The molecule has 0 aliphatic rings. The van der Waals surface area contributed by atoms with Crippen LogP contribution in [0.4, 0.5) is 0 Å². The molecule has 1 N–H and O–H groups in total. The van der Waals surface area contributed by atoms with Crippen LogP contribution in [-0.2, 0) is 12.4 Å². The van der Waals surface area contributed by atoms with Crippen LogP contribution in [0.5, 0.6) is 0 Å². The molecule has 0 rings (SSSR count). The average molecular weight is 163 g/mol. The number of nitrogens with one attached hydrogen (secondary N) is 1. The summed E-state index contributed by atoms with van der Waals surface area (Å²) in [5, 5.41) is 0. The average Bonchev–Trinajstić information content (AvgIpc) is 1.00. The molecule has 0 aliphatic heterocycles. The molecule has 0 bridgehead atoms. The van der Waals surface area contributed by atoms with Gasteiger partial charge in [0, 0.05) is 12.4 Å². The van der Waals surface area contributed by atoms with Gasteiger partial charge in [0.15, 0.2) is 0 Å². The van der Waals surface area contributed by atoms with Gasteiger partial charge in [-0.25, -0.2) is 4.78 Å². The molecule has 0 amide bonds. The van der Waals surface area contributed by atoms with E-state index in [2.05, 4.69) is 12.4 Å². The number of hydrogen-bond acceptors (Lipinski definition) is 2. The predicted octanol–water partition coefficient (Wildman–Crippen LogP) is -11.7. The largest absolute Gasteiger partial charge is 1.00 e. The third kappa shape index (κ3) is 27.2. The zero-order chi connectivity index (χ0) is 2.00. The third-order valence-corrected chi connectivity index (χ3v) is 0. The SMILES string of the molecule is N=S.[F-].[F-].[K+].[K+]. The van der Waals surface area contributed by atoms with Crippen molar-refractivity contribution in [3.05, 3.63) is 0 Å². The smallest absolute Gasteiger partial charge is 1.00 e. The van der Waals surface area contributed by atoms with E-state index in [0.29, 0.717) is 0 Å². The molecule has 0 radical (unpaired) electrons. The summed E-state index contributed by atoms with van der Waals surface area (Å²) >= 11 is 3.33. The van der Waals surface area contributed by atoms with Crippen molar-refractivity contribution >= 4 is 12.4 Å². The normalized spacial score (nSPS) is 0.667. The topological polar surface area (TPSA) is 23.9 Å². The van der Waals surface area contributed by atoms with E-state index >= 15 is 0 Å². The molecule has 6 heavy (non-hydrogen) atoms. The minimum absolute atomic E-state index is 0. The Balaban J connectivity index is -0.000000000833. The van der Waals surface area contributed by atoms with Gasteiger partial charge in [-0.3, -0.25) is 0 Å². The van der Waals surface area contributed by atoms with Gasteiger partial charge >= 0.3 is 103 Å². The maximum absolute atomic E-state index is 5.33. The molecule has 0 aromatic rings. The fourth-order valence-electron chi connectivity index (χ4n) is 0. The minimum Gasteiger partial charge on any atom is -1.00 e. The van der Waals surface area contributed by atoms with Crippen molar-refractivity contribution in [1.82, 2.24) is 0 Å². The van der Waals surface area contributed by atoms with Crippen molar-refractivity contribution in [1.29, 1.82) is 4.78 Å². The summed E-state index contributed by atoms with van der Waals surface area (Å²) in [5.41, 5.74) is 0. The Labute approximate surface area is 126 Å². The van der Waals surface area contributed by atoms with Crippen molar-refractivity contribution < 1.29 is 112 Å². The van der Waals surface area contributed by atoms with Crippen LogP contribution in [0, 0.1) is 4.78 Å². The molecule has 0 saturated heterocycles. The van der Waals surface area contributed by atoms with E-state index in [-0.39, 0.29) is 112 Å². The first kappa shape index (κ1) is 35.3. The molecule has 0 aromatic heterocycles. The molecule has 0 unspecified atom stereocenters. The molecule has 0 saturated carbocycles. The molecule has 0 fully saturated rings. The molecule has 0 atom stereocenters. The van der Waals surface area contributed by atoms with Gasteiger partial charge in [0.2, 0.25) is 0 Å². The first-order valence-corrected chi connectivity index (χ1v) is 0.612. The van der Waals surface area contributed by atoms with Gasteiger partial charge in [0.05, 0.1) is 0 Å². The molecule has 1 nitrogen and oxygen atoms in total. The number of hydrogen-bond donors (Lipinski definition) is 1. The maximum atomic E-state index is 5.33. The number of halogens is 2. The second kappa shape index (κ2) is 42.0. The van der Waals surface area contributed by atoms with E-state index in [4.69, 9.17) is 4.78 Å².